The average Bonchev–Trinajstić information content (AvgIpc) is 2.67. The van der Waals surface area contributed by atoms with Gasteiger partial charge in [-0.2, -0.15) is 0 Å². The minimum atomic E-state index is -1.04. The summed E-state index contributed by atoms with van der Waals surface area (Å²) < 4.78 is 0. The molecule has 1 aliphatic rings. The molecule has 5 nitrogen and oxygen atoms in total. The molecule has 1 amide bonds. The average molecular weight is 323 g/mol. The Labute approximate surface area is 139 Å². The fourth-order valence-electron chi connectivity index (χ4n) is 3.01. The molecule has 0 radical (unpaired) electrons. The predicted octanol–water partition coefficient (Wildman–Crippen LogP) is 2.62. The predicted molar refractivity (Wildman–Crippen MR) is 87.7 cm³/mol. The number of amides is 1. The Balaban J connectivity index is 1.98. The number of benzene rings is 2. The molecular weight excluding hydrogens is 306 g/mol. The Kier molecular flexibility index (Phi) is 4.42. The molecule has 1 atom stereocenters. The van der Waals surface area contributed by atoms with E-state index in [2.05, 4.69) is 0 Å². The third kappa shape index (κ3) is 3.20. The smallest absolute Gasteiger partial charge is 0.304 e. The van der Waals surface area contributed by atoms with Crippen LogP contribution in [0, 0.1) is 5.92 Å². The number of hydrogen-bond donors (Lipinski definition) is 1. The normalized spacial score (nSPS) is 17.3. The molecule has 3 rings (SSSR count). The maximum Gasteiger partial charge on any atom is 0.304 e. The lowest BCUT2D eigenvalue weighted by Gasteiger charge is -2.23. The van der Waals surface area contributed by atoms with Crippen molar-refractivity contribution in [2.45, 2.75) is 13.0 Å². The molecule has 5 heteroatoms. The van der Waals surface area contributed by atoms with E-state index in [1.807, 2.05) is 30.3 Å². The van der Waals surface area contributed by atoms with E-state index < -0.39 is 11.9 Å². The van der Waals surface area contributed by atoms with Crippen LogP contribution in [0.3, 0.4) is 0 Å². The van der Waals surface area contributed by atoms with Crippen LogP contribution in [0.4, 0.5) is 0 Å². The fraction of sp³-hybridized carbons (Fsp3) is 0.211. The first-order valence-electron chi connectivity index (χ1n) is 7.74. The Morgan fingerprint density at radius 1 is 1.00 bits per heavy atom. The molecule has 1 heterocycles. The lowest BCUT2D eigenvalue weighted by atomic mass is 9.93. The lowest BCUT2D eigenvalue weighted by molar-refractivity contribution is -0.137. The van der Waals surface area contributed by atoms with Crippen molar-refractivity contribution in [2.24, 2.45) is 5.92 Å². The SMILES string of the molecule is O=C(O)CC1CN(Cc2ccccc2)C(=O)c2ccccc2C1=O. The van der Waals surface area contributed by atoms with Crippen LogP contribution in [0.5, 0.6) is 0 Å². The molecule has 1 N–H and O–H groups in total. The van der Waals surface area contributed by atoms with Crippen LogP contribution in [-0.2, 0) is 11.3 Å². The zero-order chi connectivity index (χ0) is 17.1. The molecule has 2 aromatic rings. The summed E-state index contributed by atoms with van der Waals surface area (Å²) in [6.45, 7) is 0.449. The number of aliphatic carboxylic acids is 1. The molecule has 0 bridgehead atoms. The maximum atomic E-state index is 12.8. The number of ketones is 1. The molecule has 0 aliphatic carbocycles. The van der Waals surface area contributed by atoms with Gasteiger partial charge in [-0.1, -0.05) is 48.5 Å². The van der Waals surface area contributed by atoms with Gasteiger partial charge in [0.05, 0.1) is 17.9 Å². The number of carbonyl (C=O) groups excluding carboxylic acids is 2. The molecule has 0 saturated heterocycles. The van der Waals surface area contributed by atoms with Gasteiger partial charge >= 0.3 is 5.97 Å². The Morgan fingerprint density at radius 2 is 1.62 bits per heavy atom. The van der Waals surface area contributed by atoms with Gasteiger partial charge in [-0.05, 0) is 11.6 Å². The maximum absolute atomic E-state index is 12.8. The summed E-state index contributed by atoms with van der Waals surface area (Å²) in [7, 11) is 0. The van der Waals surface area contributed by atoms with Crippen LogP contribution in [-0.4, -0.2) is 34.2 Å². The summed E-state index contributed by atoms with van der Waals surface area (Å²) in [5, 5.41) is 9.11. The second-order valence-corrected chi connectivity index (χ2v) is 5.88. The van der Waals surface area contributed by atoms with Crippen molar-refractivity contribution in [3.63, 3.8) is 0 Å². The Bertz CT molecular complexity index is 785. The van der Waals surface area contributed by atoms with Crippen molar-refractivity contribution in [2.75, 3.05) is 6.54 Å². The van der Waals surface area contributed by atoms with Crippen LogP contribution >= 0.6 is 0 Å². The highest BCUT2D eigenvalue weighted by Crippen LogP contribution is 2.25. The first kappa shape index (κ1) is 15.9. The lowest BCUT2D eigenvalue weighted by Crippen LogP contribution is -2.35. The number of carboxylic acids is 1. The van der Waals surface area contributed by atoms with Gasteiger partial charge in [-0.3, -0.25) is 14.4 Å². The number of carboxylic acid groups (broad SMARTS) is 1. The number of Topliss-reactive ketones (excluding diaryl/α,β-unsaturated/α-hetero) is 1. The molecule has 1 unspecified atom stereocenters. The minimum absolute atomic E-state index is 0.105. The Morgan fingerprint density at radius 3 is 2.29 bits per heavy atom. The first-order valence-corrected chi connectivity index (χ1v) is 7.74. The number of nitrogens with zero attached hydrogens (tertiary/aromatic N) is 1. The standard InChI is InChI=1S/C19H17NO4/c21-17(22)10-14-12-20(11-13-6-2-1-3-7-13)19(24)16-9-5-4-8-15(16)18(14)23/h1-9,14H,10-12H2,(H,21,22). The molecule has 0 fully saturated rings. The highest BCUT2D eigenvalue weighted by atomic mass is 16.4. The molecule has 1 aliphatic heterocycles. The zero-order valence-corrected chi connectivity index (χ0v) is 13.0. The minimum Gasteiger partial charge on any atom is -0.481 e. The van der Waals surface area contributed by atoms with Crippen LogP contribution < -0.4 is 0 Å². The van der Waals surface area contributed by atoms with Crippen LogP contribution in [0.15, 0.2) is 54.6 Å². The molecule has 0 aromatic heterocycles. The van der Waals surface area contributed by atoms with Crippen LogP contribution in [0.2, 0.25) is 0 Å². The van der Waals surface area contributed by atoms with Gasteiger partial charge in [-0.25, -0.2) is 0 Å². The molecule has 122 valence electrons. The van der Waals surface area contributed by atoms with Gasteiger partial charge in [0.2, 0.25) is 0 Å². The number of hydrogen-bond acceptors (Lipinski definition) is 3. The summed E-state index contributed by atoms with van der Waals surface area (Å²) in [5.74, 6) is -2.30. The highest BCUT2D eigenvalue weighted by molar-refractivity contribution is 6.11. The van der Waals surface area contributed by atoms with E-state index in [0.29, 0.717) is 17.7 Å². The zero-order valence-electron chi connectivity index (χ0n) is 13.0. The van der Waals surface area contributed by atoms with E-state index in [-0.39, 0.29) is 24.7 Å². The number of carbonyl (C=O) groups is 3. The molecular formula is C19H17NO4. The van der Waals surface area contributed by atoms with Crippen molar-refractivity contribution in [3.8, 4) is 0 Å². The van der Waals surface area contributed by atoms with E-state index in [9.17, 15) is 14.4 Å². The van der Waals surface area contributed by atoms with Crippen molar-refractivity contribution >= 4 is 17.7 Å². The van der Waals surface area contributed by atoms with Crippen LogP contribution in [0.1, 0.15) is 32.7 Å². The summed E-state index contributed by atoms with van der Waals surface area (Å²) in [4.78, 5) is 38.2. The van der Waals surface area contributed by atoms with Gasteiger partial charge in [0, 0.05) is 18.7 Å². The number of fused-ring (bicyclic) bond motifs is 1. The fourth-order valence-corrected chi connectivity index (χ4v) is 3.01. The molecule has 24 heavy (non-hydrogen) atoms. The number of rotatable bonds is 4. The van der Waals surface area contributed by atoms with Crippen LogP contribution in [0.25, 0.3) is 0 Å². The van der Waals surface area contributed by atoms with Gasteiger partial charge in [0.15, 0.2) is 5.78 Å². The van der Waals surface area contributed by atoms with E-state index >= 15 is 0 Å². The summed E-state index contributed by atoms with van der Waals surface area (Å²) in [6.07, 6.45) is -0.286. The molecule has 0 saturated carbocycles. The van der Waals surface area contributed by atoms with Gasteiger partial charge in [0.1, 0.15) is 0 Å². The van der Waals surface area contributed by atoms with Crippen molar-refractivity contribution in [1.82, 2.24) is 4.90 Å². The second-order valence-electron chi connectivity index (χ2n) is 5.88. The van der Waals surface area contributed by atoms with Crippen molar-refractivity contribution in [1.29, 1.82) is 0 Å². The van der Waals surface area contributed by atoms with E-state index in [4.69, 9.17) is 5.11 Å². The summed E-state index contributed by atoms with van der Waals surface area (Å²) >= 11 is 0. The highest BCUT2D eigenvalue weighted by Gasteiger charge is 2.34. The monoisotopic (exact) mass is 323 g/mol. The molecule has 2 aromatic carbocycles. The van der Waals surface area contributed by atoms with E-state index in [1.165, 1.54) is 0 Å². The van der Waals surface area contributed by atoms with Gasteiger partial charge in [-0.15, -0.1) is 0 Å². The first-order chi connectivity index (χ1) is 11.6. The van der Waals surface area contributed by atoms with E-state index in [1.54, 1.807) is 29.2 Å². The Hall–Kier alpha value is -2.95. The van der Waals surface area contributed by atoms with Gasteiger partial charge in [0.25, 0.3) is 5.91 Å². The third-order valence-electron chi connectivity index (χ3n) is 4.16. The quantitative estimate of drug-likeness (QED) is 0.938. The largest absolute Gasteiger partial charge is 0.481 e. The van der Waals surface area contributed by atoms with Crippen molar-refractivity contribution < 1.29 is 19.5 Å². The summed E-state index contributed by atoms with van der Waals surface area (Å²) in [6, 6.07) is 16.1. The molecule has 0 spiro atoms. The summed E-state index contributed by atoms with van der Waals surface area (Å²) in [5.41, 5.74) is 1.59. The van der Waals surface area contributed by atoms with E-state index in [0.717, 1.165) is 5.56 Å². The third-order valence-corrected chi connectivity index (χ3v) is 4.16. The second kappa shape index (κ2) is 6.66. The topological polar surface area (TPSA) is 74.7 Å². The van der Waals surface area contributed by atoms with Crippen molar-refractivity contribution in [3.05, 3.63) is 71.3 Å². The van der Waals surface area contributed by atoms with Gasteiger partial charge < -0.3 is 10.0 Å².